The molecule has 0 saturated carbocycles. The van der Waals surface area contributed by atoms with E-state index in [0.29, 0.717) is 13.2 Å². The minimum Gasteiger partial charge on any atom is -0.494 e. The van der Waals surface area contributed by atoms with E-state index in [1.165, 1.54) is 11.8 Å². The number of fused-ring (bicyclic) bond motifs is 1. The molecule has 1 atom stereocenters. The van der Waals surface area contributed by atoms with Crippen molar-refractivity contribution in [3.8, 4) is 5.75 Å². The van der Waals surface area contributed by atoms with Crippen molar-refractivity contribution in [1.29, 1.82) is 0 Å². The van der Waals surface area contributed by atoms with Gasteiger partial charge in [0.05, 0.1) is 17.5 Å². The first-order chi connectivity index (χ1) is 12.6. The smallest absolute Gasteiger partial charge is 0.238 e. The van der Waals surface area contributed by atoms with Crippen LogP contribution in [-0.2, 0) is 16.1 Å². The van der Waals surface area contributed by atoms with Crippen LogP contribution in [0.25, 0.3) is 0 Å². The van der Waals surface area contributed by atoms with Crippen LogP contribution < -0.4 is 10.1 Å². The Balaban J connectivity index is 1.58. The third kappa shape index (κ3) is 4.38. The van der Waals surface area contributed by atoms with E-state index in [0.717, 1.165) is 21.9 Å². The Morgan fingerprint density at radius 1 is 1.19 bits per heavy atom. The van der Waals surface area contributed by atoms with Crippen LogP contribution in [0.1, 0.15) is 18.9 Å². The zero-order valence-corrected chi connectivity index (χ0v) is 15.7. The summed E-state index contributed by atoms with van der Waals surface area (Å²) in [5.41, 5.74) is 1.84. The average molecular weight is 370 g/mol. The SMILES string of the molecule is CCOc1ccc(CN(C)C(=O)CC2Sc3ccccc3NC2=O)cc1. The van der Waals surface area contributed by atoms with Crippen molar-refractivity contribution in [2.24, 2.45) is 0 Å². The van der Waals surface area contributed by atoms with Crippen molar-refractivity contribution >= 4 is 29.3 Å². The molecule has 2 amide bonds. The highest BCUT2D eigenvalue weighted by Crippen LogP contribution is 2.36. The Bertz CT molecular complexity index is 792. The lowest BCUT2D eigenvalue weighted by atomic mass is 10.2. The van der Waals surface area contributed by atoms with Gasteiger partial charge >= 0.3 is 0 Å². The summed E-state index contributed by atoms with van der Waals surface area (Å²) in [5.74, 6) is 0.654. The summed E-state index contributed by atoms with van der Waals surface area (Å²) in [5, 5.41) is 2.48. The van der Waals surface area contributed by atoms with Crippen LogP contribution in [0, 0.1) is 0 Å². The van der Waals surface area contributed by atoms with Gasteiger partial charge in [0.15, 0.2) is 0 Å². The fourth-order valence-electron chi connectivity index (χ4n) is 2.76. The summed E-state index contributed by atoms with van der Waals surface area (Å²) >= 11 is 1.45. The van der Waals surface area contributed by atoms with Gasteiger partial charge in [0, 0.05) is 24.9 Å². The van der Waals surface area contributed by atoms with Gasteiger partial charge in [-0.1, -0.05) is 24.3 Å². The molecule has 1 heterocycles. The van der Waals surface area contributed by atoms with E-state index in [2.05, 4.69) is 5.32 Å². The van der Waals surface area contributed by atoms with Crippen LogP contribution in [0.4, 0.5) is 5.69 Å². The van der Waals surface area contributed by atoms with Gasteiger partial charge < -0.3 is 15.0 Å². The van der Waals surface area contributed by atoms with Gasteiger partial charge in [0.1, 0.15) is 5.75 Å². The molecule has 1 aliphatic rings. The molecule has 1 aliphatic heterocycles. The molecule has 1 unspecified atom stereocenters. The Hall–Kier alpha value is -2.47. The molecule has 2 aromatic carbocycles. The normalized spacial score (nSPS) is 15.8. The number of hydrogen-bond donors (Lipinski definition) is 1. The molecule has 2 aromatic rings. The lowest BCUT2D eigenvalue weighted by Crippen LogP contribution is -2.35. The molecule has 0 fully saturated rings. The number of thioether (sulfide) groups is 1. The fourth-order valence-corrected chi connectivity index (χ4v) is 3.86. The van der Waals surface area contributed by atoms with Gasteiger partial charge in [-0.2, -0.15) is 0 Å². The highest BCUT2D eigenvalue weighted by molar-refractivity contribution is 8.01. The number of hydrogen-bond acceptors (Lipinski definition) is 4. The van der Waals surface area contributed by atoms with Crippen molar-refractivity contribution in [1.82, 2.24) is 4.90 Å². The molecule has 0 bridgehead atoms. The predicted octanol–water partition coefficient (Wildman–Crippen LogP) is 3.55. The molecule has 0 radical (unpaired) electrons. The molecule has 26 heavy (non-hydrogen) atoms. The lowest BCUT2D eigenvalue weighted by Gasteiger charge is -2.25. The Kier molecular flexibility index (Phi) is 5.83. The Morgan fingerprint density at radius 3 is 2.65 bits per heavy atom. The van der Waals surface area contributed by atoms with Gasteiger partial charge in [-0.15, -0.1) is 11.8 Å². The first-order valence-electron chi connectivity index (χ1n) is 8.59. The number of ether oxygens (including phenoxy) is 1. The molecule has 0 spiro atoms. The van der Waals surface area contributed by atoms with Crippen LogP contribution in [0.3, 0.4) is 0 Å². The number of nitrogens with one attached hydrogen (secondary N) is 1. The molecule has 136 valence electrons. The molecule has 0 aromatic heterocycles. The highest BCUT2D eigenvalue weighted by Gasteiger charge is 2.29. The molecule has 6 heteroatoms. The second kappa shape index (κ2) is 8.27. The van der Waals surface area contributed by atoms with Crippen LogP contribution in [0.15, 0.2) is 53.4 Å². The maximum atomic E-state index is 12.6. The van der Waals surface area contributed by atoms with E-state index >= 15 is 0 Å². The van der Waals surface area contributed by atoms with Gasteiger partial charge in [0.2, 0.25) is 11.8 Å². The van der Waals surface area contributed by atoms with Crippen LogP contribution in [0.2, 0.25) is 0 Å². The Labute approximate surface area is 157 Å². The summed E-state index contributed by atoms with van der Waals surface area (Å²) in [4.78, 5) is 27.5. The number of carbonyl (C=O) groups excluding carboxylic acids is 2. The van der Waals surface area contributed by atoms with Crippen molar-refractivity contribution in [2.75, 3.05) is 19.0 Å². The maximum Gasteiger partial charge on any atom is 0.238 e. The van der Waals surface area contributed by atoms with Crippen LogP contribution in [0.5, 0.6) is 5.75 Å². The van der Waals surface area contributed by atoms with Crippen LogP contribution >= 0.6 is 11.8 Å². The second-order valence-electron chi connectivity index (χ2n) is 6.12. The van der Waals surface area contributed by atoms with E-state index in [4.69, 9.17) is 4.74 Å². The zero-order valence-electron chi connectivity index (χ0n) is 14.9. The van der Waals surface area contributed by atoms with E-state index in [1.807, 2.05) is 55.5 Å². The average Bonchev–Trinajstić information content (AvgIpc) is 2.64. The lowest BCUT2D eigenvalue weighted by molar-refractivity contribution is -0.131. The molecule has 5 nitrogen and oxygen atoms in total. The van der Waals surface area contributed by atoms with Gasteiger partial charge in [-0.25, -0.2) is 0 Å². The first kappa shape index (κ1) is 18.3. The van der Waals surface area contributed by atoms with Crippen LogP contribution in [-0.4, -0.2) is 35.6 Å². The molecule has 0 aliphatic carbocycles. The molecular weight excluding hydrogens is 348 g/mol. The predicted molar refractivity (Wildman–Crippen MR) is 103 cm³/mol. The number of carbonyl (C=O) groups is 2. The standard InChI is InChI=1S/C20H22N2O3S/c1-3-25-15-10-8-14(9-11-15)13-22(2)19(23)12-18-20(24)21-16-6-4-5-7-17(16)26-18/h4-11,18H,3,12-13H2,1-2H3,(H,21,24). The maximum absolute atomic E-state index is 12.6. The number of nitrogens with zero attached hydrogens (tertiary/aromatic N) is 1. The summed E-state index contributed by atoms with van der Waals surface area (Å²) in [6, 6.07) is 15.4. The van der Waals surface area contributed by atoms with Gasteiger partial charge in [0.25, 0.3) is 0 Å². The third-order valence-corrected chi connectivity index (χ3v) is 5.42. The Morgan fingerprint density at radius 2 is 1.92 bits per heavy atom. The van der Waals surface area contributed by atoms with E-state index < -0.39 is 5.25 Å². The molecule has 1 N–H and O–H groups in total. The summed E-state index contributed by atoms with van der Waals surface area (Å²) < 4.78 is 5.43. The molecule has 3 rings (SSSR count). The number of amides is 2. The summed E-state index contributed by atoms with van der Waals surface area (Å²) in [7, 11) is 1.76. The van der Waals surface area contributed by atoms with Crippen molar-refractivity contribution in [3.05, 3.63) is 54.1 Å². The first-order valence-corrected chi connectivity index (χ1v) is 9.47. The fraction of sp³-hybridized carbons (Fsp3) is 0.300. The molecule has 0 saturated heterocycles. The summed E-state index contributed by atoms with van der Waals surface area (Å²) in [6.07, 6.45) is 0.179. The topological polar surface area (TPSA) is 58.6 Å². The number of rotatable bonds is 6. The largest absolute Gasteiger partial charge is 0.494 e. The summed E-state index contributed by atoms with van der Waals surface area (Å²) in [6.45, 7) is 3.07. The minimum atomic E-state index is -0.403. The van der Waals surface area contributed by atoms with Crippen molar-refractivity contribution in [3.63, 3.8) is 0 Å². The van der Waals surface area contributed by atoms with Gasteiger partial charge in [-0.3, -0.25) is 9.59 Å². The van der Waals surface area contributed by atoms with Crippen molar-refractivity contribution in [2.45, 2.75) is 30.0 Å². The van der Waals surface area contributed by atoms with Gasteiger partial charge in [-0.05, 0) is 36.8 Å². The third-order valence-electron chi connectivity index (χ3n) is 4.15. The highest BCUT2D eigenvalue weighted by atomic mass is 32.2. The second-order valence-corrected chi connectivity index (χ2v) is 7.37. The van der Waals surface area contributed by atoms with E-state index in [-0.39, 0.29) is 18.2 Å². The van der Waals surface area contributed by atoms with E-state index in [1.54, 1.807) is 11.9 Å². The zero-order chi connectivity index (χ0) is 18.5. The number of para-hydroxylation sites is 1. The minimum absolute atomic E-state index is 0.0501. The quantitative estimate of drug-likeness (QED) is 0.845. The van der Waals surface area contributed by atoms with Crippen molar-refractivity contribution < 1.29 is 14.3 Å². The monoisotopic (exact) mass is 370 g/mol. The number of anilines is 1. The molecular formula is C20H22N2O3S. The van der Waals surface area contributed by atoms with E-state index in [9.17, 15) is 9.59 Å². The number of benzene rings is 2.